The van der Waals surface area contributed by atoms with E-state index >= 15 is 0 Å². The Kier molecular flexibility index (Phi) is 63.7. The predicted octanol–water partition coefficient (Wildman–Crippen LogP) is 22.2. The number of carboxylic acid groups (broad SMARTS) is 1. The summed E-state index contributed by atoms with van der Waals surface area (Å²) in [5.41, 5.74) is 0. The van der Waals surface area contributed by atoms with E-state index in [1.807, 2.05) is 21.1 Å². The van der Waals surface area contributed by atoms with Crippen LogP contribution in [-0.2, 0) is 33.3 Å². The molecule has 0 rings (SSSR count). The van der Waals surface area contributed by atoms with E-state index in [1.54, 1.807) is 0 Å². The monoisotopic (exact) mass is 1190 g/mol. The Hall–Kier alpha value is -3.53. The average molecular weight is 1190 g/mol. The van der Waals surface area contributed by atoms with E-state index in [0.29, 0.717) is 17.4 Å². The van der Waals surface area contributed by atoms with Gasteiger partial charge in [0.05, 0.1) is 34.4 Å². The minimum absolute atomic E-state index is 0.181. The van der Waals surface area contributed by atoms with Crippen LogP contribution in [0.2, 0.25) is 0 Å². The highest BCUT2D eigenvalue weighted by Crippen LogP contribution is 2.18. The lowest BCUT2D eigenvalue weighted by molar-refractivity contribution is -0.870. The van der Waals surface area contributed by atoms with Gasteiger partial charge in [-0.2, -0.15) is 0 Å². The summed E-state index contributed by atoms with van der Waals surface area (Å²) in [5.74, 6) is -1.99. The van der Waals surface area contributed by atoms with Crippen molar-refractivity contribution >= 4 is 17.9 Å². The number of quaternary nitrogens is 1. The summed E-state index contributed by atoms with van der Waals surface area (Å²) < 4.78 is 23.0. The third-order valence-electron chi connectivity index (χ3n) is 15.6. The second-order valence-electron chi connectivity index (χ2n) is 25.2. The fraction of sp³-hybridized carbons (Fsp3) is 0.776. The summed E-state index contributed by atoms with van der Waals surface area (Å²) in [4.78, 5) is 37.6. The van der Waals surface area contributed by atoms with Crippen molar-refractivity contribution in [2.75, 3.05) is 47.5 Å². The molecule has 2 atom stereocenters. The highest BCUT2D eigenvalue weighted by molar-refractivity contribution is 5.71. The zero-order valence-corrected chi connectivity index (χ0v) is 56.3. The van der Waals surface area contributed by atoms with E-state index in [4.69, 9.17) is 18.9 Å². The maximum atomic E-state index is 13.0. The van der Waals surface area contributed by atoms with Gasteiger partial charge in [-0.05, 0) is 89.9 Å². The summed E-state index contributed by atoms with van der Waals surface area (Å²) in [6.07, 6.45) is 87.0. The fourth-order valence-corrected chi connectivity index (χ4v) is 10.2. The normalized spacial score (nSPS) is 13.2. The SMILES string of the molecule is CC/C=C\C/C=C\C/C=C\C/C=C\C/C=C\CCCCCCCCCCCCCCCCCCCCCC(=O)OC(COC(=O)CCCCCCCCCCCCCCC/C=C\C/C=C\CCCCCCC)COC(OCC[N+](C)(C)C)C(=O)O. The van der Waals surface area contributed by atoms with Gasteiger partial charge in [0, 0.05) is 12.8 Å². The number of likely N-dealkylation sites (N-methyl/N-ethyl adjacent to an activating group) is 1. The van der Waals surface area contributed by atoms with Gasteiger partial charge in [-0.1, -0.05) is 304 Å². The second-order valence-corrected chi connectivity index (χ2v) is 25.2. The van der Waals surface area contributed by atoms with Crippen LogP contribution < -0.4 is 0 Å². The van der Waals surface area contributed by atoms with Gasteiger partial charge in [0.1, 0.15) is 13.2 Å². The number of carbonyl (C=O) groups excluding carboxylic acids is 2. The van der Waals surface area contributed by atoms with Crippen LogP contribution in [-0.4, -0.2) is 87.4 Å². The number of aliphatic carboxylic acids is 1. The van der Waals surface area contributed by atoms with Crippen molar-refractivity contribution < 1.29 is 42.9 Å². The summed E-state index contributed by atoms with van der Waals surface area (Å²) in [6, 6.07) is 0. The van der Waals surface area contributed by atoms with Crippen molar-refractivity contribution in [2.45, 2.75) is 334 Å². The molecule has 0 saturated carbocycles. The van der Waals surface area contributed by atoms with Crippen LogP contribution in [0.1, 0.15) is 322 Å². The van der Waals surface area contributed by atoms with Gasteiger partial charge in [-0.25, -0.2) is 4.79 Å². The number of allylic oxidation sites excluding steroid dienone is 14. The van der Waals surface area contributed by atoms with Crippen LogP contribution in [0.5, 0.6) is 0 Å². The highest BCUT2D eigenvalue weighted by atomic mass is 16.7. The summed E-state index contributed by atoms with van der Waals surface area (Å²) in [7, 11) is 5.98. The van der Waals surface area contributed by atoms with Crippen molar-refractivity contribution in [3.63, 3.8) is 0 Å². The van der Waals surface area contributed by atoms with Gasteiger partial charge in [0.25, 0.3) is 6.29 Å². The van der Waals surface area contributed by atoms with Gasteiger partial charge in [-0.3, -0.25) is 9.59 Å². The number of rotatable bonds is 66. The van der Waals surface area contributed by atoms with Gasteiger partial charge >= 0.3 is 17.9 Å². The number of nitrogens with zero attached hydrogens (tertiary/aromatic N) is 1. The van der Waals surface area contributed by atoms with E-state index in [1.165, 1.54) is 218 Å². The first-order valence-electron chi connectivity index (χ1n) is 35.8. The molecule has 492 valence electrons. The summed E-state index contributed by atoms with van der Waals surface area (Å²) in [5, 5.41) is 9.75. The van der Waals surface area contributed by atoms with E-state index in [2.05, 4.69) is 98.9 Å². The standard InChI is InChI=1S/C76H135NO8/c1-6-8-10-12-14-16-18-20-22-24-26-28-30-32-33-34-35-36-37-38-39-40-41-43-45-47-49-51-53-55-57-59-61-63-65-67-74(79)85-72(71-84-76(75(80)81)82-69-68-77(3,4)5)70-83-73(78)66-64-62-60-58-56-54-52-50-48-46-44-42-31-29-27-25-23-21-19-17-15-13-11-9-7-2/h8,10,14,16,19-22,25-28,32-33,72,76H,6-7,9,11-13,15,17-18,23-24,29-31,34-71H2,1-5H3/p+1/b10-8-,16-14-,21-19-,22-20-,27-25-,28-26-,33-32-. The summed E-state index contributed by atoms with van der Waals surface area (Å²) in [6.45, 7) is 4.79. The largest absolute Gasteiger partial charge is 0.477 e. The summed E-state index contributed by atoms with van der Waals surface area (Å²) >= 11 is 0. The van der Waals surface area contributed by atoms with Crippen LogP contribution in [0, 0.1) is 0 Å². The van der Waals surface area contributed by atoms with Crippen molar-refractivity contribution in [3.05, 3.63) is 85.1 Å². The Morgan fingerprint density at radius 2 is 0.671 bits per heavy atom. The quantitative estimate of drug-likeness (QED) is 0.0211. The molecule has 0 aliphatic rings. The molecule has 0 aliphatic heterocycles. The van der Waals surface area contributed by atoms with Crippen LogP contribution in [0.4, 0.5) is 0 Å². The number of carboxylic acids is 1. The molecule has 0 aromatic heterocycles. The van der Waals surface area contributed by atoms with E-state index < -0.39 is 24.3 Å². The molecule has 0 radical (unpaired) electrons. The molecule has 9 nitrogen and oxygen atoms in total. The maximum absolute atomic E-state index is 13.0. The van der Waals surface area contributed by atoms with Crippen molar-refractivity contribution in [3.8, 4) is 0 Å². The number of carbonyl (C=O) groups is 3. The molecule has 0 aliphatic carbocycles. The van der Waals surface area contributed by atoms with Crippen molar-refractivity contribution in [1.82, 2.24) is 0 Å². The first-order chi connectivity index (χ1) is 41.6. The van der Waals surface area contributed by atoms with Gasteiger partial charge in [0.2, 0.25) is 0 Å². The molecule has 0 aromatic rings. The zero-order valence-electron chi connectivity index (χ0n) is 56.3. The lowest BCUT2D eigenvalue weighted by Gasteiger charge is -2.25. The Labute approximate surface area is 525 Å². The molecule has 1 N–H and O–H groups in total. The van der Waals surface area contributed by atoms with E-state index in [-0.39, 0.29) is 32.2 Å². The predicted molar refractivity (Wildman–Crippen MR) is 364 cm³/mol. The lowest BCUT2D eigenvalue weighted by atomic mass is 10.0. The lowest BCUT2D eigenvalue weighted by Crippen LogP contribution is -2.40. The fourth-order valence-electron chi connectivity index (χ4n) is 10.2. The molecule has 85 heavy (non-hydrogen) atoms. The Balaban J connectivity index is 4.07. The molecule has 2 unspecified atom stereocenters. The molecule has 0 fully saturated rings. The molecule has 0 spiro atoms. The number of esters is 2. The van der Waals surface area contributed by atoms with Gasteiger partial charge in [0.15, 0.2) is 6.10 Å². The third kappa shape index (κ3) is 67.8. The van der Waals surface area contributed by atoms with Crippen molar-refractivity contribution in [2.24, 2.45) is 0 Å². The molecular formula is C76H136NO8+. The third-order valence-corrected chi connectivity index (χ3v) is 15.6. The maximum Gasteiger partial charge on any atom is 0.361 e. The smallest absolute Gasteiger partial charge is 0.361 e. The number of ether oxygens (including phenoxy) is 4. The van der Waals surface area contributed by atoms with Crippen LogP contribution in [0.3, 0.4) is 0 Å². The number of hydrogen-bond acceptors (Lipinski definition) is 7. The van der Waals surface area contributed by atoms with Crippen molar-refractivity contribution in [1.29, 1.82) is 0 Å². The minimum atomic E-state index is -1.51. The van der Waals surface area contributed by atoms with Crippen LogP contribution in [0.15, 0.2) is 85.1 Å². The van der Waals surface area contributed by atoms with Crippen LogP contribution in [0.25, 0.3) is 0 Å². The molecule has 0 bridgehead atoms. The Morgan fingerprint density at radius 3 is 1.00 bits per heavy atom. The molecule has 0 amide bonds. The average Bonchev–Trinajstić information content (AvgIpc) is 3.48. The van der Waals surface area contributed by atoms with E-state index in [9.17, 15) is 19.5 Å². The highest BCUT2D eigenvalue weighted by Gasteiger charge is 2.25. The molecule has 0 saturated heterocycles. The molecule has 9 heteroatoms. The topological polar surface area (TPSA) is 108 Å². The molecule has 0 aromatic carbocycles. The Morgan fingerprint density at radius 1 is 0.365 bits per heavy atom. The van der Waals surface area contributed by atoms with Gasteiger partial charge < -0.3 is 28.5 Å². The van der Waals surface area contributed by atoms with Crippen LogP contribution >= 0.6 is 0 Å². The first-order valence-corrected chi connectivity index (χ1v) is 35.8. The van der Waals surface area contributed by atoms with Gasteiger partial charge in [-0.15, -0.1) is 0 Å². The molecular weight excluding hydrogens is 1050 g/mol. The molecule has 0 heterocycles. The number of hydrogen-bond donors (Lipinski definition) is 1. The van der Waals surface area contributed by atoms with E-state index in [0.717, 1.165) is 77.0 Å². The zero-order chi connectivity index (χ0) is 61.9. The second kappa shape index (κ2) is 66.4. The number of unbranched alkanes of at least 4 members (excludes halogenated alkanes) is 37. The minimum Gasteiger partial charge on any atom is -0.477 e. The first kappa shape index (κ1) is 81.5. The Bertz CT molecular complexity index is 1670.